The SMILES string of the molecule is C[C@H]1c2ccc(NC(=O)CCCCC[P+](c3ccccc3)(c3ccccc3)c3ccccc3)c(O)c2C(O)=C2C(=O)[C@]3(O)C(O)=C(C(N)=O)C(=O)[C@@H](N(C)C)C3[C@@H](O)C21.O=C(O)C(=O)O. The Kier molecular flexibility index (Phi) is 14.1. The smallest absolute Gasteiger partial charge is 0.414 e. The van der Waals surface area contributed by atoms with Gasteiger partial charge in [-0.1, -0.05) is 67.6 Å². The van der Waals surface area contributed by atoms with Crippen LogP contribution in [0.4, 0.5) is 5.69 Å². The number of carbonyl (C=O) groups is 6. The zero-order chi connectivity index (χ0) is 47.5. The number of aliphatic hydroxyl groups excluding tert-OH is 3. The molecule has 2 amide bonds. The summed E-state index contributed by atoms with van der Waals surface area (Å²) < 4.78 is 0. The molecule has 3 aliphatic rings. The van der Waals surface area contributed by atoms with Gasteiger partial charge in [0.25, 0.3) is 5.91 Å². The van der Waals surface area contributed by atoms with Gasteiger partial charge in [0.1, 0.15) is 46.0 Å². The number of nitrogens with one attached hydrogen (secondary N) is 1. The van der Waals surface area contributed by atoms with E-state index in [9.17, 15) is 44.7 Å². The second kappa shape index (κ2) is 19.2. The van der Waals surface area contributed by atoms with E-state index in [2.05, 4.69) is 78.1 Å². The normalized spacial score (nSPS) is 22.5. The largest absolute Gasteiger partial charge is 0.508 e. The average molecular weight is 909 g/mol. The number of nitrogens with zero attached hydrogens (tertiary/aromatic N) is 1. The topological polar surface area (TPSA) is 285 Å². The minimum Gasteiger partial charge on any atom is -0.508 e. The summed E-state index contributed by atoms with van der Waals surface area (Å²) in [5.41, 5.74) is 1.03. The molecule has 0 aliphatic heterocycles. The first-order valence-electron chi connectivity index (χ1n) is 20.8. The number of carboxylic acids is 2. The second-order valence-electron chi connectivity index (χ2n) is 16.5. The number of phenolic OH excluding ortho intramolecular Hbond substituents is 1. The van der Waals surface area contributed by atoms with Gasteiger partial charge in [-0.3, -0.25) is 24.1 Å². The number of carboxylic acid groups (broad SMARTS) is 2. The number of anilines is 1. The molecule has 2 unspecified atom stereocenters. The van der Waals surface area contributed by atoms with E-state index in [0.29, 0.717) is 12.0 Å². The predicted octanol–water partition coefficient (Wildman–Crippen LogP) is 3.14. The van der Waals surface area contributed by atoms with Crippen molar-refractivity contribution in [1.82, 2.24) is 4.90 Å². The highest BCUT2D eigenvalue weighted by Gasteiger charge is 2.68. The van der Waals surface area contributed by atoms with E-state index in [1.165, 1.54) is 41.0 Å². The van der Waals surface area contributed by atoms with Crippen molar-refractivity contribution in [1.29, 1.82) is 0 Å². The fourth-order valence-electron chi connectivity index (χ4n) is 9.62. The molecule has 1 fully saturated rings. The van der Waals surface area contributed by atoms with E-state index in [-0.39, 0.29) is 23.6 Å². The third-order valence-corrected chi connectivity index (χ3v) is 17.1. The van der Waals surface area contributed by atoms with Gasteiger partial charge in [-0.25, -0.2) is 9.59 Å². The molecule has 4 aromatic rings. The van der Waals surface area contributed by atoms with Crippen molar-refractivity contribution in [2.24, 2.45) is 17.6 Å². The van der Waals surface area contributed by atoms with Gasteiger partial charge in [0.2, 0.25) is 11.7 Å². The predicted molar refractivity (Wildman–Crippen MR) is 243 cm³/mol. The van der Waals surface area contributed by atoms with Crippen molar-refractivity contribution in [3.05, 3.63) is 131 Å². The minimum atomic E-state index is -3.02. The van der Waals surface area contributed by atoms with Crippen LogP contribution in [0.2, 0.25) is 0 Å². The summed E-state index contributed by atoms with van der Waals surface area (Å²) in [4.78, 5) is 72.9. The third kappa shape index (κ3) is 8.53. The number of hydrogen-bond donors (Lipinski definition) is 9. The zero-order valence-electron chi connectivity index (χ0n) is 35.8. The van der Waals surface area contributed by atoms with Crippen LogP contribution >= 0.6 is 7.26 Å². The Morgan fingerprint density at radius 3 is 1.74 bits per heavy atom. The number of aliphatic hydroxyl groups is 4. The van der Waals surface area contributed by atoms with Crippen molar-refractivity contribution < 1.29 is 64.5 Å². The molecule has 10 N–H and O–H groups in total. The van der Waals surface area contributed by atoms with Gasteiger partial charge in [0.15, 0.2) is 11.4 Å². The Balaban J connectivity index is 0.00000109. The maximum absolute atomic E-state index is 14.3. The number of fused-ring (bicyclic) bond motifs is 3. The van der Waals surface area contributed by atoms with Gasteiger partial charge in [-0.15, -0.1) is 0 Å². The molecule has 65 heavy (non-hydrogen) atoms. The molecule has 0 spiro atoms. The van der Waals surface area contributed by atoms with Crippen LogP contribution in [0.25, 0.3) is 5.76 Å². The molecule has 0 aromatic heterocycles. The molecule has 0 radical (unpaired) electrons. The number of nitrogens with two attached hydrogens (primary N) is 1. The second-order valence-corrected chi connectivity index (χ2v) is 20.1. The van der Waals surface area contributed by atoms with Crippen molar-refractivity contribution in [2.45, 2.75) is 56.3 Å². The quantitative estimate of drug-likeness (QED) is 0.0325. The van der Waals surface area contributed by atoms with Crippen molar-refractivity contribution in [3.8, 4) is 5.75 Å². The van der Waals surface area contributed by atoms with E-state index >= 15 is 0 Å². The van der Waals surface area contributed by atoms with Gasteiger partial charge in [-0.2, -0.15) is 0 Å². The zero-order valence-corrected chi connectivity index (χ0v) is 36.7. The monoisotopic (exact) mass is 908 g/mol. The van der Waals surface area contributed by atoms with E-state index in [1.54, 1.807) is 13.0 Å². The van der Waals surface area contributed by atoms with E-state index in [0.717, 1.165) is 19.0 Å². The van der Waals surface area contributed by atoms with Gasteiger partial charge in [0, 0.05) is 17.9 Å². The third-order valence-electron chi connectivity index (χ3n) is 12.6. The Hall–Kier alpha value is -6.71. The first-order chi connectivity index (χ1) is 30.8. The number of rotatable bonds is 12. The summed E-state index contributed by atoms with van der Waals surface area (Å²) >= 11 is 0. The van der Waals surface area contributed by atoms with Crippen molar-refractivity contribution in [3.63, 3.8) is 0 Å². The lowest BCUT2D eigenvalue weighted by molar-refractivity contribution is -0.169. The molecule has 3 aliphatic carbocycles. The van der Waals surface area contributed by atoms with Crippen LogP contribution in [0.3, 0.4) is 0 Å². The molecule has 7 rings (SSSR count). The fourth-order valence-corrected chi connectivity index (χ4v) is 14.0. The minimum absolute atomic E-state index is 0.0242. The molecule has 0 heterocycles. The first-order valence-corrected chi connectivity index (χ1v) is 22.8. The fraction of sp³-hybridized carbons (Fsp3) is 0.292. The van der Waals surface area contributed by atoms with Gasteiger partial charge in [-0.05, 0) is 87.3 Å². The number of likely N-dealkylation sites (N-methyl/N-ethyl adjacent to an activating group) is 1. The molecule has 4 aromatic carbocycles. The molecule has 6 atom stereocenters. The number of amides is 2. The first kappa shape index (κ1) is 47.8. The highest BCUT2D eigenvalue weighted by Crippen LogP contribution is 2.58. The Morgan fingerprint density at radius 1 is 0.769 bits per heavy atom. The number of carbonyl (C=O) groups excluding carboxylic acids is 4. The van der Waals surface area contributed by atoms with Crippen LogP contribution in [0.15, 0.2) is 120 Å². The standard InChI is InChI=1S/C46H48N3O9P.C2H2O4/c1-26-30-23-24-31(39(51)34(30)40(52)35-33(26)41(53)37-38(49(2)3)42(54)36(45(47)57)44(56)46(37,58)43(35)55)48-32(50)22-14-7-15-25-59(27-16-8-4-9-17-27,28-18-10-5-11-19-28)29-20-12-6-13-21-29;3-1(4)2(5)6/h4-6,8-13,16-21,23-24,26,33,37-38,41,53,58H,7,14-15,22,25H2,1-3H3,(H5-,47,48,50,51,52,54,55,56,57);(H,3,4)(H,5,6)/p+1/t26-,33?,37?,38-,41-,46-;/m0./s1. The number of hydrogen-bond acceptors (Lipinski definition) is 12. The lowest BCUT2D eigenvalue weighted by Gasteiger charge is -2.53. The number of benzene rings is 4. The van der Waals surface area contributed by atoms with Gasteiger partial charge >= 0.3 is 11.9 Å². The number of phenols is 1. The molecular weight excluding hydrogens is 858 g/mol. The Labute approximate surface area is 374 Å². The van der Waals surface area contributed by atoms with Gasteiger partial charge < -0.3 is 46.8 Å². The lowest BCUT2D eigenvalue weighted by Crippen LogP contribution is -2.70. The van der Waals surface area contributed by atoms with E-state index < -0.39 is 101 Å². The summed E-state index contributed by atoms with van der Waals surface area (Å²) in [5.74, 6) is -13.9. The molecule has 0 bridgehead atoms. The molecular formula is C48H51N3O13P+. The summed E-state index contributed by atoms with van der Waals surface area (Å²) in [7, 11) is 0.878. The number of Topliss-reactive ketones (excluding diaryl/α,β-unsaturated/α-hetero) is 2. The summed E-state index contributed by atoms with van der Waals surface area (Å²) in [6.45, 7) is 1.65. The summed E-state index contributed by atoms with van der Waals surface area (Å²) in [6.07, 6.45) is 1.53. The summed E-state index contributed by atoms with van der Waals surface area (Å²) in [6, 6.07) is 33.3. The van der Waals surface area contributed by atoms with Crippen LogP contribution in [-0.2, 0) is 28.8 Å². The van der Waals surface area contributed by atoms with Crippen LogP contribution in [-0.4, -0.2) is 114 Å². The van der Waals surface area contributed by atoms with E-state index in [4.69, 9.17) is 25.5 Å². The van der Waals surface area contributed by atoms with Crippen LogP contribution < -0.4 is 27.0 Å². The molecule has 17 heteroatoms. The van der Waals surface area contributed by atoms with Gasteiger partial charge in [0.05, 0.1) is 35.5 Å². The maximum Gasteiger partial charge on any atom is 0.414 e. The average Bonchev–Trinajstić information content (AvgIpc) is 3.28. The molecule has 340 valence electrons. The van der Waals surface area contributed by atoms with E-state index in [1.807, 2.05) is 18.2 Å². The summed E-state index contributed by atoms with van der Waals surface area (Å²) in [5, 5.41) is 79.6. The Bertz CT molecular complexity index is 2470. The number of aromatic hydroxyl groups is 1. The number of primary amides is 1. The lowest BCUT2D eigenvalue weighted by atomic mass is 9.54. The Morgan fingerprint density at radius 2 is 1.28 bits per heavy atom. The maximum atomic E-state index is 14.3. The molecule has 1 saturated carbocycles. The number of aliphatic carboxylic acids is 2. The highest BCUT2D eigenvalue weighted by molar-refractivity contribution is 7.95. The van der Waals surface area contributed by atoms with Crippen LogP contribution in [0.1, 0.15) is 49.7 Å². The van der Waals surface area contributed by atoms with Crippen LogP contribution in [0, 0.1) is 11.8 Å². The number of ketones is 2. The van der Waals surface area contributed by atoms with Crippen LogP contribution in [0.5, 0.6) is 5.75 Å². The highest BCUT2D eigenvalue weighted by atomic mass is 31.2. The van der Waals surface area contributed by atoms with Crippen molar-refractivity contribution in [2.75, 3.05) is 25.6 Å². The molecule has 16 nitrogen and oxygen atoms in total. The molecule has 0 saturated heterocycles. The van der Waals surface area contributed by atoms with Crippen molar-refractivity contribution >= 4 is 69.9 Å². The number of unbranched alkanes of at least 4 members (excludes halogenated alkanes) is 2.